The molecule has 0 radical (unpaired) electrons. The summed E-state index contributed by atoms with van der Waals surface area (Å²) >= 11 is 0. The van der Waals surface area contributed by atoms with Gasteiger partial charge in [0.05, 0.1) is 0 Å². The monoisotopic (exact) mass is 280 g/mol. The van der Waals surface area contributed by atoms with Crippen LogP contribution in [0.25, 0.3) is 0 Å². The number of alkyl halides is 3. The van der Waals surface area contributed by atoms with Gasteiger partial charge in [0.1, 0.15) is 0 Å². The van der Waals surface area contributed by atoms with Crippen LogP contribution in [0.1, 0.15) is 27.0 Å². The molecule has 1 rings (SSSR count). The minimum absolute atomic E-state index is 0. The van der Waals surface area contributed by atoms with Gasteiger partial charge in [-0.2, -0.15) is 13.2 Å². The summed E-state index contributed by atoms with van der Waals surface area (Å²) in [6.45, 7) is 5.07. The molecule has 0 aliphatic heterocycles. The summed E-state index contributed by atoms with van der Waals surface area (Å²) in [5, 5.41) is 10.7. The van der Waals surface area contributed by atoms with Gasteiger partial charge in [0, 0.05) is 5.56 Å². The molecule has 0 aromatic heterocycles. The summed E-state index contributed by atoms with van der Waals surface area (Å²) in [6.07, 6.45) is -4.91. The smallest absolute Gasteiger partial charge is 0.869 e. The second-order valence-corrected chi connectivity index (χ2v) is 4.14. The summed E-state index contributed by atoms with van der Waals surface area (Å²) in [7, 11) is 0. The Morgan fingerprint density at radius 3 is 1.95 bits per heavy atom. The van der Waals surface area contributed by atoms with Gasteiger partial charge in [0.15, 0.2) is 5.78 Å². The minimum Gasteiger partial charge on any atom is -0.869 e. The van der Waals surface area contributed by atoms with Crippen LogP contribution >= 0.6 is 0 Å². The van der Waals surface area contributed by atoms with Gasteiger partial charge in [-0.25, -0.2) is 0 Å². The van der Waals surface area contributed by atoms with E-state index in [0.717, 1.165) is 5.56 Å². The fourth-order valence-electron chi connectivity index (χ4n) is 1.84. The summed E-state index contributed by atoms with van der Waals surface area (Å²) in [6, 6.07) is 3.37. The molecule has 0 fully saturated rings. The van der Waals surface area contributed by atoms with Crippen molar-refractivity contribution in [2.45, 2.75) is 26.9 Å². The van der Waals surface area contributed by atoms with E-state index in [9.17, 15) is 23.1 Å². The standard InChI is InChI=1S/C13H13F3O2.Na/c1-7-4-8(2)12(9(3)5-7)10(17)6-11(18)13(14,15)16;/h4-6,18H,1-3H3;/q;+1/p-1/b11-6+;. The van der Waals surface area contributed by atoms with Crippen LogP contribution in [0.4, 0.5) is 13.2 Å². The molecular weight excluding hydrogens is 268 g/mol. The quantitative estimate of drug-likeness (QED) is 0.320. The summed E-state index contributed by atoms with van der Waals surface area (Å²) in [5.41, 5.74) is 2.18. The Kier molecular flexibility index (Phi) is 6.32. The predicted molar refractivity (Wildman–Crippen MR) is 59.1 cm³/mol. The van der Waals surface area contributed by atoms with E-state index < -0.39 is 17.7 Å². The maximum absolute atomic E-state index is 12.1. The third-order valence-corrected chi connectivity index (χ3v) is 2.47. The number of hydrogen-bond acceptors (Lipinski definition) is 2. The van der Waals surface area contributed by atoms with E-state index in [4.69, 9.17) is 0 Å². The number of carbonyl (C=O) groups excluding carboxylic acids is 1. The van der Waals surface area contributed by atoms with Crippen molar-refractivity contribution < 1.29 is 52.6 Å². The molecule has 0 N–H and O–H groups in total. The average Bonchev–Trinajstić information content (AvgIpc) is 2.13. The van der Waals surface area contributed by atoms with Crippen molar-refractivity contribution >= 4 is 5.78 Å². The zero-order valence-electron chi connectivity index (χ0n) is 11.2. The molecule has 0 heterocycles. The molecule has 0 unspecified atom stereocenters. The van der Waals surface area contributed by atoms with Crippen molar-refractivity contribution in [1.82, 2.24) is 0 Å². The van der Waals surface area contributed by atoms with Crippen LogP contribution in [0.15, 0.2) is 24.0 Å². The van der Waals surface area contributed by atoms with Crippen LogP contribution in [0.3, 0.4) is 0 Å². The van der Waals surface area contributed by atoms with Crippen LogP contribution < -0.4 is 34.7 Å². The number of allylic oxidation sites excluding steroid dienone is 2. The SMILES string of the molecule is Cc1cc(C)c(C(=O)/C=C(/[O-])C(F)(F)F)c(C)c1.[Na+]. The van der Waals surface area contributed by atoms with Gasteiger partial charge >= 0.3 is 35.7 Å². The number of carbonyl (C=O) groups is 1. The summed E-state index contributed by atoms with van der Waals surface area (Å²) in [4.78, 5) is 11.7. The Morgan fingerprint density at radius 2 is 1.58 bits per heavy atom. The van der Waals surface area contributed by atoms with Gasteiger partial charge in [0.2, 0.25) is 0 Å². The van der Waals surface area contributed by atoms with Crippen LogP contribution in [-0.2, 0) is 0 Å². The van der Waals surface area contributed by atoms with Crippen molar-refractivity contribution in [1.29, 1.82) is 0 Å². The van der Waals surface area contributed by atoms with E-state index in [1.54, 1.807) is 26.0 Å². The molecule has 1 aromatic rings. The maximum atomic E-state index is 12.1. The molecule has 2 nitrogen and oxygen atoms in total. The fraction of sp³-hybridized carbons (Fsp3) is 0.308. The Balaban J connectivity index is 0.00000324. The molecule has 98 valence electrons. The number of ketones is 1. The first-order valence-electron chi connectivity index (χ1n) is 5.21. The molecule has 0 spiro atoms. The van der Waals surface area contributed by atoms with E-state index in [-0.39, 0.29) is 41.2 Å². The maximum Gasteiger partial charge on any atom is 1.00 e. The van der Waals surface area contributed by atoms with Crippen LogP contribution in [0, 0.1) is 20.8 Å². The molecule has 0 saturated carbocycles. The minimum atomic E-state index is -5.01. The second kappa shape index (κ2) is 6.59. The average molecular weight is 280 g/mol. The first-order valence-corrected chi connectivity index (χ1v) is 5.21. The molecular formula is C13H12F3NaO2. The van der Waals surface area contributed by atoms with Gasteiger partial charge in [-0.05, 0) is 43.7 Å². The molecule has 1 aromatic carbocycles. The normalized spacial score (nSPS) is 12.0. The number of benzene rings is 1. The van der Waals surface area contributed by atoms with E-state index in [2.05, 4.69) is 0 Å². The molecule has 19 heavy (non-hydrogen) atoms. The zero-order chi connectivity index (χ0) is 14.1. The number of aryl methyl sites for hydroxylation is 3. The second-order valence-electron chi connectivity index (χ2n) is 4.14. The molecule has 0 atom stereocenters. The number of hydrogen-bond donors (Lipinski definition) is 0. The van der Waals surface area contributed by atoms with Crippen molar-refractivity contribution in [2.75, 3.05) is 0 Å². The largest absolute Gasteiger partial charge is 1.00 e. The Labute approximate surface area is 131 Å². The molecule has 0 saturated heterocycles. The van der Waals surface area contributed by atoms with E-state index in [1.807, 2.05) is 6.92 Å². The van der Waals surface area contributed by atoms with Gasteiger partial charge in [-0.3, -0.25) is 4.79 Å². The van der Waals surface area contributed by atoms with Crippen molar-refractivity contribution in [2.24, 2.45) is 0 Å². The van der Waals surface area contributed by atoms with Gasteiger partial charge in [-0.15, -0.1) is 0 Å². The van der Waals surface area contributed by atoms with E-state index in [1.165, 1.54) is 0 Å². The summed E-state index contributed by atoms with van der Waals surface area (Å²) < 4.78 is 36.2. The molecule has 0 bridgehead atoms. The van der Waals surface area contributed by atoms with Crippen LogP contribution in [0.2, 0.25) is 0 Å². The third kappa shape index (κ3) is 4.67. The van der Waals surface area contributed by atoms with Gasteiger partial charge in [-0.1, -0.05) is 17.7 Å². The van der Waals surface area contributed by atoms with Crippen LogP contribution in [0.5, 0.6) is 0 Å². The third-order valence-electron chi connectivity index (χ3n) is 2.47. The molecule has 0 aliphatic carbocycles. The molecule has 0 aliphatic rings. The van der Waals surface area contributed by atoms with Crippen molar-refractivity contribution in [3.05, 3.63) is 46.2 Å². The van der Waals surface area contributed by atoms with Crippen molar-refractivity contribution in [3.8, 4) is 0 Å². The summed E-state index contributed by atoms with van der Waals surface area (Å²) in [5.74, 6) is -3.04. The Bertz CT molecular complexity index is 496. The van der Waals surface area contributed by atoms with Crippen molar-refractivity contribution in [3.63, 3.8) is 0 Å². The first kappa shape index (κ1) is 18.2. The fourth-order valence-corrected chi connectivity index (χ4v) is 1.84. The van der Waals surface area contributed by atoms with Crippen LogP contribution in [-0.4, -0.2) is 12.0 Å². The van der Waals surface area contributed by atoms with Gasteiger partial charge in [0.25, 0.3) is 0 Å². The Hall–Kier alpha value is -0.780. The number of rotatable bonds is 2. The van der Waals surface area contributed by atoms with E-state index >= 15 is 0 Å². The zero-order valence-corrected chi connectivity index (χ0v) is 13.2. The predicted octanol–water partition coefficient (Wildman–Crippen LogP) is -0.395. The first-order chi connectivity index (χ1) is 8.12. The van der Waals surface area contributed by atoms with E-state index in [0.29, 0.717) is 11.1 Å². The molecule has 0 amide bonds. The van der Waals surface area contributed by atoms with Gasteiger partial charge < -0.3 is 5.11 Å². The topological polar surface area (TPSA) is 40.1 Å². The molecule has 6 heteroatoms. The number of halogens is 3. The Morgan fingerprint density at radius 1 is 1.16 bits per heavy atom.